The van der Waals surface area contributed by atoms with Gasteiger partial charge in [0.05, 0.1) is 11.2 Å². The minimum atomic E-state index is -3.62. The van der Waals surface area contributed by atoms with Gasteiger partial charge in [-0.3, -0.25) is 9.59 Å². The van der Waals surface area contributed by atoms with E-state index >= 15 is 0 Å². The Bertz CT molecular complexity index is 1140. The SMILES string of the molecule is CN(C)S(=O)(=O)c1ccccc1CNC(=O)c1ccc(NC(=O)c2ccco2)cc1. The molecule has 156 valence electrons. The lowest BCUT2D eigenvalue weighted by atomic mass is 10.1. The van der Waals surface area contributed by atoms with E-state index in [1.165, 1.54) is 26.4 Å². The van der Waals surface area contributed by atoms with Crippen LogP contribution in [0.3, 0.4) is 0 Å². The van der Waals surface area contributed by atoms with Crippen molar-refractivity contribution >= 4 is 27.5 Å². The highest BCUT2D eigenvalue weighted by Crippen LogP contribution is 2.18. The van der Waals surface area contributed by atoms with Crippen molar-refractivity contribution in [2.45, 2.75) is 11.4 Å². The lowest BCUT2D eigenvalue weighted by Crippen LogP contribution is -2.27. The van der Waals surface area contributed by atoms with Crippen molar-refractivity contribution in [3.8, 4) is 0 Å². The zero-order chi connectivity index (χ0) is 21.7. The Balaban J connectivity index is 1.66. The topological polar surface area (TPSA) is 109 Å². The van der Waals surface area contributed by atoms with E-state index in [1.54, 1.807) is 54.6 Å². The fourth-order valence-electron chi connectivity index (χ4n) is 2.68. The molecule has 3 aromatic rings. The van der Waals surface area contributed by atoms with Crippen LogP contribution in [0, 0.1) is 0 Å². The Hall–Kier alpha value is -3.43. The van der Waals surface area contributed by atoms with Crippen molar-refractivity contribution in [3.63, 3.8) is 0 Å². The van der Waals surface area contributed by atoms with Gasteiger partial charge in [0, 0.05) is 31.9 Å². The molecule has 0 aliphatic rings. The number of hydrogen-bond acceptors (Lipinski definition) is 5. The second kappa shape index (κ2) is 8.93. The number of rotatable bonds is 7. The van der Waals surface area contributed by atoms with Crippen LogP contribution in [0.15, 0.2) is 76.2 Å². The maximum absolute atomic E-state index is 12.5. The molecule has 0 spiro atoms. The largest absolute Gasteiger partial charge is 0.459 e. The molecular weight excluding hydrogens is 406 g/mol. The first-order valence-electron chi connectivity index (χ1n) is 9.02. The maximum Gasteiger partial charge on any atom is 0.291 e. The van der Waals surface area contributed by atoms with Crippen LogP contribution in [0.25, 0.3) is 0 Å². The third-order valence-corrected chi connectivity index (χ3v) is 6.24. The van der Waals surface area contributed by atoms with Crippen LogP contribution in [-0.4, -0.2) is 38.6 Å². The van der Waals surface area contributed by atoms with Crippen LogP contribution < -0.4 is 10.6 Å². The summed E-state index contributed by atoms with van der Waals surface area (Å²) < 4.78 is 31.1. The van der Waals surface area contributed by atoms with Gasteiger partial charge < -0.3 is 15.1 Å². The molecule has 0 unspecified atom stereocenters. The van der Waals surface area contributed by atoms with E-state index in [2.05, 4.69) is 10.6 Å². The molecule has 0 bridgehead atoms. The minimum Gasteiger partial charge on any atom is -0.459 e. The number of benzene rings is 2. The number of anilines is 1. The van der Waals surface area contributed by atoms with Crippen molar-refractivity contribution in [2.75, 3.05) is 19.4 Å². The van der Waals surface area contributed by atoms with E-state index in [0.717, 1.165) is 4.31 Å². The zero-order valence-corrected chi connectivity index (χ0v) is 17.3. The molecule has 0 aliphatic carbocycles. The molecule has 0 radical (unpaired) electrons. The fourth-order valence-corrected chi connectivity index (χ4v) is 3.80. The highest BCUT2D eigenvalue weighted by atomic mass is 32.2. The van der Waals surface area contributed by atoms with Gasteiger partial charge in [-0.2, -0.15) is 0 Å². The third-order valence-electron chi connectivity index (χ3n) is 4.32. The van der Waals surface area contributed by atoms with Gasteiger partial charge in [0.1, 0.15) is 0 Å². The number of hydrogen-bond donors (Lipinski definition) is 2. The van der Waals surface area contributed by atoms with E-state index in [4.69, 9.17) is 4.42 Å². The van der Waals surface area contributed by atoms with Crippen LogP contribution in [-0.2, 0) is 16.6 Å². The van der Waals surface area contributed by atoms with E-state index in [-0.39, 0.29) is 23.1 Å². The normalized spacial score (nSPS) is 11.3. The van der Waals surface area contributed by atoms with Gasteiger partial charge in [0.15, 0.2) is 5.76 Å². The predicted octanol–water partition coefficient (Wildman–Crippen LogP) is 2.71. The van der Waals surface area contributed by atoms with Crippen molar-refractivity contribution < 1.29 is 22.4 Å². The molecule has 0 fully saturated rings. The summed E-state index contributed by atoms with van der Waals surface area (Å²) in [5.41, 5.74) is 1.37. The molecule has 0 saturated heterocycles. The van der Waals surface area contributed by atoms with Crippen molar-refractivity contribution in [3.05, 3.63) is 83.8 Å². The molecule has 1 aromatic heterocycles. The molecule has 2 amide bonds. The molecule has 0 atom stereocenters. The van der Waals surface area contributed by atoms with Crippen molar-refractivity contribution in [1.29, 1.82) is 0 Å². The lowest BCUT2D eigenvalue weighted by Gasteiger charge is -2.15. The molecule has 2 N–H and O–H groups in total. The highest BCUT2D eigenvalue weighted by Gasteiger charge is 2.21. The van der Waals surface area contributed by atoms with Gasteiger partial charge in [-0.15, -0.1) is 0 Å². The van der Waals surface area contributed by atoms with Gasteiger partial charge >= 0.3 is 0 Å². The quantitative estimate of drug-likeness (QED) is 0.603. The Morgan fingerprint density at radius 1 is 0.933 bits per heavy atom. The Morgan fingerprint density at radius 2 is 1.63 bits per heavy atom. The number of sulfonamides is 1. The van der Waals surface area contributed by atoms with Gasteiger partial charge in [-0.1, -0.05) is 18.2 Å². The van der Waals surface area contributed by atoms with E-state index in [9.17, 15) is 18.0 Å². The van der Waals surface area contributed by atoms with Crippen LogP contribution in [0.5, 0.6) is 0 Å². The number of carbonyl (C=O) groups excluding carboxylic acids is 2. The average molecular weight is 427 g/mol. The molecule has 0 saturated carbocycles. The first-order valence-corrected chi connectivity index (χ1v) is 10.5. The van der Waals surface area contributed by atoms with Gasteiger partial charge in [0.25, 0.3) is 11.8 Å². The number of nitrogens with one attached hydrogen (secondary N) is 2. The summed E-state index contributed by atoms with van der Waals surface area (Å²) >= 11 is 0. The molecule has 1 heterocycles. The summed E-state index contributed by atoms with van der Waals surface area (Å²) in [6, 6.07) is 16.0. The summed E-state index contributed by atoms with van der Waals surface area (Å²) in [5.74, 6) is -0.574. The lowest BCUT2D eigenvalue weighted by molar-refractivity contribution is 0.0949. The predicted molar refractivity (Wildman–Crippen MR) is 112 cm³/mol. The Labute approximate surface area is 174 Å². The first kappa shape index (κ1) is 21.3. The standard InChI is InChI=1S/C21H21N3O5S/c1-24(2)30(27,28)19-8-4-3-6-16(19)14-22-20(25)15-9-11-17(12-10-15)23-21(26)18-7-5-13-29-18/h3-13H,14H2,1-2H3,(H,22,25)(H,23,26). The van der Waals surface area contributed by atoms with Crippen molar-refractivity contribution in [1.82, 2.24) is 9.62 Å². The third kappa shape index (κ3) is 4.76. The van der Waals surface area contributed by atoms with E-state index in [1.807, 2.05) is 0 Å². The van der Waals surface area contributed by atoms with E-state index in [0.29, 0.717) is 16.8 Å². The van der Waals surface area contributed by atoms with Crippen LogP contribution in [0.4, 0.5) is 5.69 Å². The second-order valence-corrected chi connectivity index (χ2v) is 8.71. The molecule has 2 aromatic carbocycles. The fraction of sp³-hybridized carbons (Fsp3) is 0.143. The van der Waals surface area contributed by atoms with Crippen LogP contribution in [0.1, 0.15) is 26.5 Å². The van der Waals surface area contributed by atoms with Gasteiger partial charge in [-0.25, -0.2) is 12.7 Å². The smallest absolute Gasteiger partial charge is 0.291 e. The van der Waals surface area contributed by atoms with Crippen molar-refractivity contribution in [2.24, 2.45) is 0 Å². The second-order valence-electron chi connectivity index (χ2n) is 6.59. The highest BCUT2D eigenvalue weighted by molar-refractivity contribution is 7.89. The number of carbonyl (C=O) groups is 2. The number of furan rings is 1. The van der Waals surface area contributed by atoms with Crippen LogP contribution in [0.2, 0.25) is 0 Å². The summed E-state index contributed by atoms with van der Waals surface area (Å²) in [4.78, 5) is 24.6. The summed E-state index contributed by atoms with van der Waals surface area (Å²) in [6.07, 6.45) is 1.41. The first-order chi connectivity index (χ1) is 14.3. The molecule has 8 nitrogen and oxygen atoms in total. The average Bonchev–Trinajstić information content (AvgIpc) is 3.28. The van der Waals surface area contributed by atoms with Gasteiger partial charge in [-0.05, 0) is 48.0 Å². The maximum atomic E-state index is 12.5. The molecular formula is C21H21N3O5S. The molecule has 0 aliphatic heterocycles. The zero-order valence-electron chi connectivity index (χ0n) is 16.5. The molecule has 3 rings (SSSR count). The monoisotopic (exact) mass is 427 g/mol. The Morgan fingerprint density at radius 3 is 2.27 bits per heavy atom. The molecule has 30 heavy (non-hydrogen) atoms. The van der Waals surface area contributed by atoms with Gasteiger partial charge in [0.2, 0.25) is 10.0 Å². The summed E-state index contributed by atoms with van der Waals surface area (Å²) in [7, 11) is -0.711. The Kier molecular flexibility index (Phi) is 6.34. The molecule has 9 heteroatoms. The number of nitrogens with zero attached hydrogens (tertiary/aromatic N) is 1. The number of amides is 2. The minimum absolute atomic E-state index is 0.0546. The van der Waals surface area contributed by atoms with Crippen LogP contribution >= 0.6 is 0 Å². The summed E-state index contributed by atoms with van der Waals surface area (Å²) in [5, 5.41) is 5.39. The summed E-state index contributed by atoms with van der Waals surface area (Å²) in [6.45, 7) is 0.0546. The van der Waals surface area contributed by atoms with E-state index < -0.39 is 15.9 Å².